The van der Waals surface area contributed by atoms with E-state index in [0.717, 1.165) is 21.2 Å². The van der Waals surface area contributed by atoms with Gasteiger partial charge in [0.25, 0.3) is 5.91 Å². The highest BCUT2D eigenvalue weighted by atomic mass is 32.2. The molecule has 0 aliphatic carbocycles. The first-order valence-corrected chi connectivity index (χ1v) is 11.5. The van der Waals surface area contributed by atoms with Gasteiger partial charge in [0, 0.05) is 29.2 Å². The Morgan fingerprint density at radius 1 is 1.21 bits per heavy atom. The number of imidazole rings is 1. The molecule has 3 rings (SSSR count). The molecule has 0 saturated carbocycles. The van der Waals surface area contributed by atoms with Crippen molar-refractivity contribution < 1.29 is 13.2 Å². The minimum Gasteiger partial charge on any atom is -0.336 e. The Hall–Kier alpha value is -2.23. The quantitative estimate of drug-likeness (QED) is 0.667. The summed E-state index contributed by atoms with van der Waals surface area (Å²) in [5.74, 6) is -0.181. The predicted octanol–water partition coefficient (Wildman–Crippen LogP) is 3.36. The van der Waals surface area contributed by atoms with E-state index < -0.39 is 15.6 Å². The third-order valence-electron chi connectivity index (χ3n) is 4.33. The summed E-state index contributed by atoms with van der Waals surface area (Å²) in [5.41, 5.74) is 1.71. The molecule has 0 unspecified atom stereocenters. The summed E-state index contributed by atoms with van der Waals surface area (Å²) in [6, 6.07) is 6.01. The molecule has 1 amide bonds. The highest BCUT2D eigenvalue weighted by molar-refractivity contribution is 7.89. The normalized spacial score (nSPS) is 12.5. The van der Waals surface area contributed by atoms with Gasteiger partial charge in [0.2, 0.25) is 10.0 Å². The number of aryl methyl sites for hydroxylation is 2. The maximum absolute atomic E-state index is 12.8. The maximum atomic E-state index is 12.8. The number of carbonyl (C=O) groups is 1. The molecule has 0 spiro atoms. The molecule has 0 atom stereocenters. The fraction of sp³-hybridized carbons (Fsp3) is 0.400. The second-order valence-corrected chi connectivity index (χ2v) is 11.1. The summed E-state index contributed by atoms with van der Waals surface area (Å²) >= 11 is 1.61. The van der Waals surface area contributed by atoms with E-state index in [1.807, 2.05) is 24.4 Å². The van der Waals surface area contributed by atoms with Crippen LogP contribution in [0.1, 0.15) is 47.4 Å². The second kappa shape index (κ2) is 7.55. The van der Waals surface area contributed by atoms with Gasteiger partial charge in [-0.2, -0.15) is 0 Å². The lowest BCUT2D eigenvalue weighted by Crippen LogP contribution is -2.40. The lowest BCUT2D eigenvalue weighted by atomic mass is 10.1. The van der Waals surface area contributed by atoms with Crippen molar-refractivity contribution in [1.29, 1.82) is 0 Å². The summed E-state index contributed by atoms with van der Waals surface area (Å²) in [5, 5.41) is 0. The van der Waals surface area contributed by atoms with Crippen LogP contribution in [0.15, 0.2) is 35.4 Å². The standard InChI is InChI=1S/C20H26N4O3S2/c1-13-11-24-17(14(2)21-19(24)28-13)12-23(6)18(25)15-7-9-16(10-8-15)29(26,27)22-20(3,4)5/h7-11,22H,12H2,1-6H3. The average Bonchev–Trinajstić information content (AvgIpc) is 3.08. The Balaban J connectivity index is 1.78. The molecule has 0 fully saturated rings. The van der Waals surface area contributed by atoms with Crippen LogP contribution in [0.3, 0.4) is 0 Å². The zero-order chi connectivity index (χ0) is 21.6. The van der Waals surface area contributed by atoms with E-state index in [0.29, 0.717) is 12.1 Å². The molecule has 0 bridgehead atoms. The van der Waals surface area contributed by atoms with Gasteiger partial charge in [0.15, 0.2) is 4.96 Å². The van der Waals surface area contributed by atoms with Crippen LogP contribution >= 0.6 is 11.3 Å². The van der Waals surface area contributed by atoms with Crippen molar-refractivity contribution in [3.05, 3.63) is 52.3 Å². The SMILES string of the molecule is Cc1cn2c(CN(C)C(=O)c3ccc(S(=O)(=O)NC(C)(C)C)cc3)c(C)nc2s1. The monoisotopic (exact) mass is 434 g/mol. The number of fused-ring (bicyclic) bond motifs is 1. The molecule has 156 valence electrons. The van der Waals surface area contributed by atoms with Gasteiger partial charge < -0.3 is 4.90 Å². The zero-order valence-electron chi connectivity index (χ0n) is 17.5. The molecule has 1 N–H and O–H groups in total. The molecule has 0 aliphatic heterocycles. The van der Waals surface area contributed by atoms with Gasteiger partial charge in [-0.3, -0.25) is 9.20 Å². The fourth-order valence-corrected chi connectivity index (χ4v) is 5.36. The summed E-state index contributed by atoms with van der Waals surface area (Å²) in [6.07, 6.45) is 2.02. The summed E-state index contributed by atoms with van der Waals surface area (Å²) < 4.78 is 29.5. The number of hydrogen-bond donors (Lipinski definition) is 1. The first kappa shape index (κ1) is 21.5. The number of rotatable bonds is 5. The van der Waals surface area contributed by atoms with Gasteiger partial charge in [-0.25, -0.2) is 18.1 Å². The molecule has 29 heavy (non-hydrogen) atoms. The Kier molecular flexibility index (Phi) is 5.59. The third-order valence-corrected chi connectivity index (χ3v) is 7.00. The molecule has 0 radical (unpaired) electrons. The molecule has 9 heteroatoms. The number of nitrogens with zero attached hydrogens (tertiary/aromatic N) is 3. The lowest BCUT2D eigenvalue weighted by molar-refractivity contribution is 0.0783. The van der Waals surface area contributed by atoms with Crippen LogP contribution < -0.4 is 4.72 Å². The number of sulfonamides is 1. The van der Waals surface area contributed by atoms with Gasteiger partial charge in [0.1, 0.15) is 0 Å². The van der Waals surface area contributed by atoms with Crippen LogP contribution in [0.2, 0.25) is 0 Å². The van der Waals surface area contributed by atoms with E-state index in [2.05, 4.69) is 9.71 Å². The van der Waals surface area contributed by atoms with Crippen molar-refractivity contribution in [3.8, 4) is 0 Å². The van der Waals surface area contributed by atoms with Gasteiger partial charge in [-0.15, -0.1) is 11.3 Å². The molecular formula is C20H26N4O3S2. The highest BCUT2D eigenvalue weighted by Gasteiger charge is 2.23. The Morgan fingerprint density at radius 2 is 1.83 bits per heavy atom. The van der Waals surface area contributed by atoms with Crippen molar-refractivity contribution in [1.82, 2.24) is 19.0 Å². The number of benzene rings is 1. The van der Waals surface area contributed by atoms with Crippen molar-refractivity contribution in [2.24, 2.45) is 0 Å². The summed E-state index contributed by atoms with van der Waals surface area (Å²) in [4.78, 5) is 21.2. The minimum atomic E-state index is -3.63. The number of carbonyl (C=O) groups excluding carboxylic acids is 1. The van der Waals surface area contributed by atoms with E-state index in [9.17, 15) is 13.2 Å². The zero-order valence-corrected chi connectivity index (χ0v) is 19.1. The number of nitrogens with one attached hydrogen (secondary N) is 1. The summed E-state index contributed by atoms with van der Waals surface area (Å²) in [6.45, 7) is 9.71. The van der Waals surface area contributed by atoms with Crippen LogP contribution in [-0.2, 0) is 16.6 Å². The topological polar surface area (TPSA) is 83.8 Å². The molecule has 1 aromatic carbocycles. The van der Waals surface area contributed by atoms with Gasteiger partial charge in [-0.05, 0) is 58.9 Å². The van der Waals surface area contributed by atoms with Crippen LogP contribution in [0.5, 0.6) is 0 Å². The van der Waals surface area contributed by atoms with Crippen molar-refractivity contribution in [3.63, 3.8) is 0 Å². The fourth-order valence-electron chi connectivity index (χ4n) is 3.06. The van der Waals surface area contributed by atoms with E-state index in [4.69, 9.17) is 0 Å². The molecule has 7 nitrogen and oxygen atoms in total. The van der Waals surface area contributed by atoms with E-state index in [-0.39, 0.29) is 10.8 Å². The van der Waals surface area contributed by atoms with E-state index in [1.165, 1.54) is 12.1 Å². The van der Waals surface area contributed by atoms with Crippen molar-refractivity contribution in [2.45, 2.75) is 51.6 Å². The molecular weight excluding hydrogens is 408 g/mol. The van der Waals surface area contributed by atoms with Crippen LogP contribution in [0.25, 0.3) is 4.96 Å². The number of amides is 1. The van der Waals surface area contributed by atoms with E-state index in [1.54, 1.807) is 56.2 Å². The number of thiazole rings is 1. The second-order valence-electron chi connectivity index (χ2n) is 8.18. The number of hydrogen-bond acceptors (Lipinski definition) is 5. The Labute approximate surface area is 175 Å². The molecule has 2 heterocycles. The van der Waals surface area contributed by atoms with Crippen molar-refractivity contribution in [2.75, 3.05) is 7.05 Å². The Morgan fingerprint density at radius 3 is 2.41 bits per heavy atom. The average molecular weight is 435 g/mol. The Bertz CT molecular complexity index is 1150. The first-order chi connectivity index (χ1) is 13.4. The molecule has 0 aliphatic rings. The lowest BCUT2D eigenvalue weighted by Gasteiger charge is -2.21. The van der Waals surface area contributed by atoms with Crippen LogP contribution in [0, 0.1) is 13.8 Å². The van der Waals surface area contributed by atoms with Gasteiger partial charge >= 0.3 is 0 Å². The predicted molar refractivity (Wildman–Crippen MR) is 115 cm³/mol. The van der Waals surface area contributed by atoms with Gasteiger partial charge in [-0.1, -0.05) is 0 Å². The van der Waals surface area contributed by atoms with Crippen LogP contribution in [-0.4, -0.2) is 41.2 Å². The third kappa shape index (κ3) is 4.68. The van der Waals surface area contributed by atoms with Gasteiger partial charge in [0.05, 0.1) is 22.8 Å². The van der Waals surface area contributed by atoms with E-state index >= 15 is 0 Å². The van der Waals surface area contributed by atoms with Crippen LogP contribution in [0.4, 0.5) is 0 Å². The number of aromatic nitrogens is 2. The highest BCUT2D eigenvalue weighted by Crippen LogP contribution is 2.22. The molecule has 2 aromatic heterocycles. The smallest absolute Gasteiger partial charge is 0.253 e. The summed E-state index contributed by atoms with van der Waals surface area (Å²) in [7, 11) is -1.91. The first-order valence-electron chi connectivity index (χ1n) is 9.21. The largest absolute Gasteiger partial charge is 0.336 e. The molecule has 0 saturated heterocycles. The maximum Gasteiger partial charge on any atom is 0.253 e. The molecule has 3 aromatic rings. The minimum absolute atomic E-state index is 0.133. The van der Waals surface area contributed by atoms with Crippen molar-refractivity contribution >= 4 is 32.2 Å².